The number of carbonyl (C=O) groups is 1. The Bertz CT molecular complexity index is 1280. The number of pyridine rings is 1. The van der Waals surface area contributed by atoms with E-state index >= 15 is 0 Å². The van der Waals surface area contributed by atoms with Gasteiger partial charge in [-0.25, -0.2) is 4.68 Å². The summed E-state index contributed by atoms with van der Waals surface area (Å²) >= 11 is 6.02. The maximum absolute atomic E-state index is 14.0. The summed E-state index contributed by atoms with van der Waals surface area (Å²) in [5.74, 6) is -0.605. The Morgan fingerprint density at radius 3 is 2.68 bits per heavy atom. The molecule has 0 aliphatic rings. The average molecular weight is 447 g/mol. The van der Waals surface area contributed by atoms with Crippen LogP contribution >= 0.6 is 11.6 Å². The Labute approximate surface area is 179 Å². The minimum atomic E-state index is -4.84. The van der Waals surface area contributed by atoms with E-state index in [4.69, 9.17) is 16.3 Å². The van der Waals surface area contributed by atoms with E-state index in [1.54, 1.807) is 24.4 Å². The molecule has 6 nitrogen and oxygen atoms in total. The number of nitrogens with zero attached hydrogens (tertiary/aromatic N) is 3. The van der Waals surface area contributed by atoms with E-state index in [-0.39, 0.29) is 16.4 Å². The van der Waals surface area contributed by atoms with E-state index in [0.717, 1.165) is 6.20 Å². The highest BCUT2D eigenvalue weighted by molar-refractivity contribution is 6.32. The average Bonchev–Trinajstić information content (AvgIpc) is 3.19. The third-order valence-electron chi connectivity index (χ3n) is 4.58. The molecule has 0 saturated carbocycles. The van der Waals surface area contributed by atoms with Crippen LogP contribution in [0.2, 0.25) is 5.02 Å². The number of amides is 1. The van der Waals surface area contributed by atoms with E-state index in [1.807, 2.05) is 0 Å². The van der Waals surface area contributed by atoms with Crippen molar-refractivity contribution in [3.05, 3.63) is 77.3 Å². The highest BCUT2D eigenvalue weighted by Crippen LogP contribution is 2.35. The Morgan fingerprint density at radius 2 is 1.97 bits per heavy atom. The molecule has 0 radical (unpaired) electrons. The Morgan fingerprint density at radius 1 is 1.16 bits per heavy atom. The van der Waals surface area contributed by atoms with Crippen molar-refractivity contribution in [2.75, 3.05) is 12.4 Å². The van der Waals surface area contributed by atoms with E-state index in [1.165, 1.54) is 37.6 Å². The van der Waals surface area contributed by atoms with Crippen LogP contribution in [-0.2, 0) is 6.18 Å². The van der Waals surface area contributed by atoms with Gasteiger partial charge < -0.3 is 10.1 Å². The predicted molar refractivity (Wildman–Crippen MR) is 110 cm³/mol. The maximum Gasteiger partial charge on any atom is 0.434 e. The van der Waals surface area contributed by atoms with Gasteiger partial charge in [-0.2, -0.15) is 18.3 Å². The number of halogens is 4. The number of alkyl halides is 3. The summed E-state index contributed by atoms with van der Waals surface area (Å²) in [6, 6.07) is 10.9. The molecule has 10 heteroatoms. The molecule has 0 unspecified atom stereocenters. The van der Waals surface area contributed by atoms with Crippen LogP contribution in [0.1, 0.15) is 16.1 Å². The van der Waals surface area contributed by atoms with Crippen molar-refractivity contribution in [3.63, 3.8) is 0 Å². The molecule has 2 aromatic carbocycles. The number of nitrogens with one attached hydrogen (secondary N) is 1. The van der Waals surface area contributed by atoms with Crippen molar-refractivity contribution in [1.82, 2.24) is 14.8 Å². The first-order valence-electron chi connectivity index (χ1n) is 8.93. The molecule has 158 valence electrons. The number of carbonyl (C=O) groups excluding carboxylic acids is 1. The molecule has 4 rings (SSSR count). The van der Waals surface area contributed by atoms with Gasteiger partial charge >= 0.3 is 6.18 Å². The highest BCUT2D eigenvalue weighted by atomic mass is 35.5. The zero-order chi connectivity index (χ0) is 22.2. The van der Waals surface area contributed by atoms with Gasteiger partial charge in [0.1, 0.15) is 5.75 Å². The number of ether oxygens (including phenoxy) is 1. The second-order valence-corrected chi connectivity index (χ2v) is 6.90. The standard InChI is InChI=1S/C21H14ClF3N4O2/c1-31-18-6-5-13(9-16(18)22)28-20(30)15-11-27-29(19(15)21(23,24)25)17-4-2-3-12-7-8-26-10-14(12)17/h2-11H,1H3,(H,28,30). The number of fused-ring (bicyclic) bond motifs is 1. The van der Waals surface area contributed by atoms with Crippen molar-refractivity contribution in [1.29, 1.82) is 0 Å². The summed E-state index contributed by atoms with van der Waals surface area (Å²) in [4.78, 5) is 16.7. The van der Waals surface area contributed by atoms with Crippen LogP contribution in [0.3, 0.4) is 0 Å². The van der Waals surface area contributed by atoms with Gasteiger partial charge in [0, 0.05) is 23.5 Å². The lowest BCUT2D eigenvalue weighted by Crippen LogP contribution is -2.20. The Balaban J connectivity index is 1.78. The molecule has 0 atom stereocenters. The van der Waals surface area contributed by atoms with Gasteiger partial charge in [0.25, 0.3) is 5.91 Å². The zero-order valence-electron chi connectivity index (χ0n) is 15.9. The molecule has 1 N–H and O–H groups in total. The van der Waals surface area contributed by atoms with E-state index < -0.39 is 23.3 Å². The zero-order valence-corrected chi connectivity index (χ0v) is 16.7. The maximum atomic E-state index is 14.0. The number of anilines is 1. The second kappa shape index (κ2) is 7.92. The molecule has 1 amide bonds. The van der Waals surface area contributed by atoms with Crippen LogP contribution in [0.4, 0.5) is 18.9 Å². The Kier molecular flexibility index (Phi) is 5.28. The van der Waals surface area contributed by atoms with E-state index in [2.05, 4.69) is 15.4 Å². The van der Waals surface area contributed by atoms with Crippen molar-refractivity contribution < 1.29 is 22.7 Å². The van der Waals surface area contributed by atoms with Crippen LogP contribution < -0.4 is 10.1 Å². The summed E-state index contributed by atoms with van der Waals surface area (Å²) in [6.07, 6.45) is -0.964. The molecular formula is C21H14ClF3N4O2. The highest BCUT2D eigenvalue weighted by Gasteiger charge is 2.40. The third kappa shape index (κ3) is 3.91. The first kappa shape index (κ1) is 20.7. The number of rotatable bonds is 4. The minimum Gasteiger partial charge on any atom is -0.495 e. The molecule has 0 spiro atoms. The number of benzene rings is 2. The van der Waals surface area contributed by atoms with E-state index in [9.17, 15) is 18.0 Å². The van der Waals surface area contributed by atoms with Gasteiger partial charge in [-0.1, -0.05) is 23.7 Å². The Hall–Kier alpha value is -3.59. The summed E-state index contributed by atoms with van der Waals surface area (Å²) in [5, 5.41) is 7.65. The number of aromatic nitrogens is 3. The van der Waals surface area contributed by atoms with Crippen LogP contribution in [0.5, 0.6) is 5.75 Å². The normalized spacial score (nSPS) is 11.5. The molecule has 0 bridgehead atoms. The number of methoxy groups -OCH3 is 1. The van der Waals surface area contributed by atoms with Gasteiger partial charge in [-0.3, -0.25) is 9.78 Å². The summed E-state index contributed by atoms with van der Waals surface area (Å²) in [7, 11) is 1.42. The SMILES string of the molecule is COc1ccc(NC(=O)c2cnn(-c3cccc4ccncc34)c2C(F)(F)F)cc1Cl. The number of hydrogen-bond donors (Lipinski definition) is 1. The van der Waals surface area contributed by atoms with E-state index in [0.29, 0.717) is 21.2 Å². The van der Waals surface area contributed by atoms with Crippen molar-refractivity contribution >= 4 is 34.0 Å². The fraction of sp³-hybridized carbons (Fsp3) is 0.0952. The molecular weight excluding hydrogens is 433 g/mol. The molecule has 2 heterocycles. The lowest BCUT2D eigenvalue weighted by Gasteiger charge is -2.14. The van der Waals surface area contributed by atoms with Gasteiger partial charge in [0.2, 0.25) is 0 Å². The molecule has 31 heavy (non-hydrogen) atoms. The second-order valence-electron chi connectivity index (χ2n) is 6.49. The van der Waals surface area contributed by atoms with Gasteiger partial charge in [-0.15, -0.1) is 0 Å². The summed E-state index contributed by atoms with van der Waals surface area (Å²) < 4.78 is 47.7. The molecule has 0 saturated heterocycles. The van der Waals surface area contributed by atoms with Crippen LogP contribution in [0.25, 0.3) is 16.5 Å². The lowest BCUT2D eigenvalue weighted by molar-refractivity contribution is -0.143. The molecule has 0 fully saturated rings. The van der Waals surface area contributed by atoms with Crippen molar-refractivity contribution in [3.8, 4) is 11.4 Å². The lowest BCUT2D eigenvalue weighted by atomic mass is 10.1. The van der Waals surface area contributed by atoms with Gasteiger partial charge in [0.05, 0.1) is 29.6 Å². The van der Waals surface area contributed by atoms with Gasteiger partial charge in [0.15, 0.2) is 5.69 Å². The largest absolute Gasteiger partial charge is 0.495 e. The molecule has 4 aromatic rings. The van der Waals surface area contributed by atoms with Crippen molar-refractivity contribution in [2.24, 2.45) is 0 Å². The number of hydrogen-bond acceptors (Lipinski definition) is 4. The van der Waals surface area contributed by atoms with Gasteiger partial charge in [-0.05, 0) is 35.7 Å². The predicted octanol–water partition coefficient (Wildman–Crippen LogP) is 5.35. The van der Waals surface area contributed by atoms with Crippen molar-refractivity contribution in [2.45, 2.75) is 6.18 Å². The minimum absolute atomic E-state index is 0.157. The molecule has 0 aliphatic carbocycles. The third-order valence-corrected chi connectivity index (χ3v) is 4.88. The molecule has 2 aromatic heterocycles. The topological polar surface area (TPSA) is 69.0 Å². The van der Waals surface area contributed by atoms with Crippen LogP contribution in [-0.4, -0.2) is 27.8 Å². The fourth-order valence-corrected chi connectivity index (χ4v) is 3.45. The molecule has 0 aliphatic heterocycles. The monoisotopic (exact) mass is 446 g/mol. The van der Waals surface area contributed by atoms with Crippen LogP contribution in [0, 0.1) is 0 Å². The fourth-order valence-electron chi connectivity index (χ4n) is 3.19. The summed E-state index contributed by atoms with van der Waals surface area (Å²) in [6.45, 7) is 0. The first-order chi connectivity index (χ1) is 14.8. The summed E-state index contributed by atoms with van der Waals surface area (Å²) in [5.41, 5.74) is -1.45. The smallest absolute Gasteiger partial charge is 0.434 e. The van der Waals surface area contributed by atoms with Crippen LogP contribution in [0.15, 0.2) is 61.1 Å². The quantitative estimate of drug-likeness (QED) is 0.458. The first-order valence-corrected chi connectivity index (χ1v) is 9.30.